The zero-order chi connectivity index (χ0) is 13.0. The van der Waals surface area contributed by atoms with Crippen LogP contribution in [0.15, 0.2) is 12.3 Å². The molecule has 0 unspecified atom stereocenters. The molecule has 1 aromatic rings. The first kappa shape index (κ1) is 13.3. The quantitative estimate of drug-likeness (QED) is 0.854. The number of carbonyl (C=O) groups excluding carboxylic acids is 1. The van der Waals surface area contributed by atoms with Crippen molar-refractivity contribution in [3.63, 3.8) is 0 Å². The van der Waals surface area contributed by atoms with E-state index in [4.69, 9.17) is 11.6 Å². The molecule has 0 saturated heterocycles. The number of amides is 1. The van der Waals surface area contributed by atoms with Crippen LogP contribution in [0.5, 0.6) is 0 Å². The molecule has 2 rings (SSSR count). The molecule has 98 valence electrons. The second-order valence-electron chi connectivity index (χ2n) is 4.69. The standard InChI is InChI=1S/C13H16ClFN2O/c14-12-11(7-10(15)8-17-12)13(18)16-6-5-9-3-1-2-4-9/h7-9H,1-6H2,(H,16,18). The fourth-order valence-corrected chi connectivity index (χ4v) is 2.56. The molecule has 1 saturated carbocycles. The van der Waals surface area contributed by atoms with Crippen LogP contribution in [-0.4, -0.2) is 17.4 Å². The van der Waals surface area contributed by atoms with E-state index in [9.17, 15) is 9.18 Å². The van der Waals surface area contributed by atoms with E-state index in [2.05, 4.69) is 10.3 Å². The van der Waals surface area contributed by atoms with Gasteiger partial charge in [0.15, 0.2) is 0 Å². The maximum absolute atomic E-state index is 13.0. The van der Waals surface area contributed by atoms with E-state index in [1.807, 2.05) is 0 Å². The van der Waals surface area contributed by atoms with Crippen molar-refractivity contribution in [2.24, 2.45) is 5.92 Å². The lowest BCUT2D eigenvalue weighted by atomic mass is 10.0. The molecular weight excluding hydrogens is 255 g/mol. The van der Waals surface area contributed by atoms with Gasteiger partial charge in [0.1, 0.15) is 11.0 Å². The molecule has 1 aliphatic rings. The average Bonchev–Trinajstić information content (AvgIpc) is 2.85. The number of rotatable bonds is 4. The monoisotopic (exact) mass is 270 g/mol. The molecule has 0 atom stereocenters. The summed E-state index contributed by atoms with van der Waals surface area (Å²) >= 11 is 5.76. The summed E-state index contributed by atoms with van der Waals surface area (Å²) in [4.78, 5) is 15.4. The molecule has 1 aromatic heterocycles. The highest BCUT2D eigenvalue weighted by Crippen LogP contribution is 2.26. The fraction of sp³-hybridized carbons (Fsp3) is 0.538. The number of halogens is 2. The fourth-order valence-electron chi connectivity index (χ4n) is 2.37. The maximum atomic E-state index is 13.0. The summed E-state index contributed by atoms with van der Waals surface area (Å²) in [5.74, 6) is -0.197. The lowest BCUT2D eigenvalue weighted by Gasteiger charge is -2.10. The topological polar surface area (TPSA) is 42.0 Å². The van der Waals surface area contributed by atoms with E-state index < -0.39 is 5.82 Å². The number of carbonyl (C=O) groups is 1. The van der Waals surface area contributed by atoms with E-state index in [0.717, 1.165) is 18.7 Å². The lowest BCUT2D eigenvalue weighted by molar-refractivity contribution is 0.0950. The Morgan fingerprint density at radius 2 is 2.22 bits per heavy atom. The Morgan fingerprint density at radius 3 is 2.94 bits per heavy atom. The van der Waals surface area contributed by atoms with Gasteiger partial charge < -0.3 is 5.32 Å². The Balaban J connectivity index is 1.85. The normalized spacial score (nSPS) is 15.9. The predicted octanol–water partition coefficient (Wildman–Crippen LogP) is 3.18. The minimum atomic E-state index is -0.555. The molecule has 1 heterocycles. The third kappa shape index (κ3) is 3.42. The highest BCUT2D eigenvalue weighted by molar-refractivity contribution is 6.32. The Bertz CT molecular complexity index is 433. The molecule has 0 radical (unpaired) electrons. The van der Waals surface area contributed by atoms with Gasteiger partial charge in [-0.05, 0) is 18.4 Å². The van der Waals surface area contributed by atoms with Gasteiger partial charge in [0.25, 0.3) is 5.91 Å². The summed E-state index contributed by atoms with van der Waals surface area (Å²) in [5, 5.41) is 2.80. The third-order valence-electron chi connectivity index (χ3n) is 3.36. The van der Waals surface area contributed by atoms with Crippen molar-refractivity contribution in [3.8, 4) is 0 Å². The van der Waals surface area contributed by atoms with Crippen LogP contribution in [0, 0.1) is 11.7 Å². The van der Waals surface area contributed by atoms with Gasteiger partial charge in [-0.1, -0.05) is 37.3 Å². The molecule has 3 nitrogen and oxygen atoms in total. The van der Waals surface area contributed by atoms with Gasteiger partial charge in [0, 0.05) is 6.54 Å². The molecule has 0 bridgehead atoms. The summed E-state index contributed by atoms with van der Waals surface area (Å²) in [6.45, 7) is 0.607. The predicted molar refractivity (Wildman–Crippen MR) is 68.1 cm³/mol. The molecule has 0 aromatic carbocycles. The number of aromatic nitrogens is 1. The van der Waals surface area contributed by atoms with Crippen molar-refractivity contribution in [1.82, 2.24) is 10.3 Å². The third-order valence-corrected chi connectivity index (χ3v) is 3.66. The number of pyridine rings is 1. The molecular formula is C13H16ClFN2O. The minimum Gasteiger partial charge on any atom is -0.352 e. The molecule has 5 heteroatoms. The summed E-state index contributed by atoms with van der Waals surface area (Å²) in [6, 6.07) is 1.11. The van der Waals surface area contributed by atoms with Crippen LogP contribution in [0.25, 0.3) is 0 Å². The molecule has 1 aliphatic carbocycles. The van der Waals surface area contributed by atoms with Crippen molar-refractivity contribution in [3.05, 3.63) is 28.8 Å². The molecule has 1 fully saturated rings. The zero-order valence-electron chi connectivity index (χ0n) is 10.1. The number of hydrogen-bond donors (Lipinski definition) is 1. The maximum Gasteiger partial charge on any atom is 0.254 e. The smallest absolute Gasteiger partial charge is 0.254 e. The van der Waals surface area contributed by atoms with Crippen LogP contribution in [0.1, 0.15) is 42.5 Å². The van der Waals surface area contributed by atoms with E-state index in [1.165, 1.54) is 25.7 Å². The first-order chi connectivity index (χ1) is 8.66. The van der Waals surface area contributed by atoms with Crippen molar-refractivity contribution >= 4 is 17.5 Å². The van der Waals surface area contributed by atoms with E-state index in [1.54, 1.807) is 0 Å². The summed E-state index contributed by atoms with van der Waals surface area (Å²) in [7, 11) is 0. The number of nitrogens with zero attached hydrogens (tertiary/aromatic N) is 1. The molecule has 1 amide bonds. The van der Waals surface area contributed by atoms with Gasteiger partial charge in [0.05, 0.1) is 11.8 Å². The van der Waals surface area contributed by atoms with E-state index in [-0.39, 0.29) is 16.6 Å². The van der Waals surface area contributed by atoms with Gasteiger partial charge >= 0.3 is 0 Å². The van der Waals surface area contributed by atoms with Gasteiger partial charge in [-0.25, -0.2) is 9.37 Å². The van der Waals surface area contributed by atoms with E-state index in [0.29, 0.717) is 12.5 Å². The Kier molecular flexibility index (Phi) is 4.53. The Morgan fingerprint density at radius 1 is 1.50 bits per heavy atom. The van der Waals surface area contributed by atoms with Crippen molar-refractivity contribution in [2.45, 2.75) is 32.1 Å². The van der Waals surface area contributed by atoms with Gasteiger partial charge in [0.2, 0.25) is 0 Å². The second kappa shape index (κ2) is 6.14. The number of hydrogen-bond acceptors (Lipinski definition) is 2. The van der Waals surface area contributed by atoms with Crippen LogP contribution < -0.4 is 5.32 Å². The highest BCUT2D eigenvalue weighted by atomic mass is 35.5. The molecule has 1 N–H and O–H groups in total. The largest absolute Gasteiger partial charge is 0.352 e. The minimum absolute atomic E-state index is 0.0368. The van der Waals surface area contributed by atoms with Crippen LogP contribution in [0.4, 0.5) is 4.39 Å². The summed E-state index contributed by atoms with van der Waals surface area (Å²) < 4.78 is 13.0. The van der Waals surface area contributed by atoms with Crippen LogP contribution in [0.3, 0.4) is 0 Å². The first-order valence-electron chi connectivity index (χ1n) is 6.26. The SMILES string of the molecule is O=C(NCCC1CCCC1)c1cc(F)cnc1Cl. The van der Waals surface area contributed by atoms with Crippen molar-refractivity contribution in [2.75, 3.05) is 6.54 Å². The summed E-state index contributed by atoms with van der Waals surface area (Å²) in [5.41, 5.74) is 0.100. The highest BCUT2D eigenvalue weighted by Gasteiger charge is 2.16. The second-order valence-corrected chi connectivity index (χ2v) is 5.04. The van der Waals surface area contributed by atoms with Gasteiger partial charge in [-0.3, -0.25) is 4.79 Å². The van der Waals surface area contributed by atoms with Crippen LogP contribution in [-0.2, 0) is 0 Å². The van der Waals surface area contributed by atoms with Crippen molar-refractivity contribution < 1.29 is 9.18 Å². The molecule has 18 heavy (non-hydrogen) atoms. The van der Waals surface area contributed by atoms with E-state index >= 15 is 0 Å². The first-order valence-corrected chi connectivity index (χ1v) is 6.64. The Hall–Kier alpha value is -1.16. The molecule has 0 spiro atoms. The van der Waals surface area contributed by atoms with Gasteiger partial charge in [-0.15, -0.1) is 0 Å². The van der Waals surface area contributed by atoms with Crippen molar-refractivity contribution in [1.29, 1.82) is 0 Å². The summed E-state index contributed by atoms with van der Waals surface area (Å²) in [6.07, 6.45) is 7.05. The van der Waals surface area contributed by atoms with Crippen LogP contribution in [0.2, 0.25) is 5.15 Å². The zero-order valence-corrected chi connectivity index (χ0v) is 10.8. The van der Waals surface area contributed by atoms with Crippen LogP contribution >= 0.6 is 11.6 Å². The van der Waals surface area contributed by atoms with Gasteiger partial charge in [-0.2, -0.15) is 0 Å². The average molecular weight is 271 g/mol. The number of nitrogens with one attached hydrogen (secondary N) is 1. The Labute approximate surface area is 111 Å². The molecule has 0 aliphatic heterocycles. The lowest BCUT2D eigenvalue weighted by Crippen LogP contribution is -2.26.